The number of para-hydroxylation sites is 4. The first kappa shape index (κ1) is 36.7. The van der Waals surface area contributed by atoms with Crippen LogP contribution in [-0.4, -0.2) is 15.0 Å². The van der Waals surface area contributed by atoms with Gasteiger partial charge in [0.05, 0.1) is 50.4 Å². The lowest BCUT2D eigenvalue weighted by molar-refractivity contribution is 0.753. The van der Waals surface area contributed by atoms with E-state index in [1.807, 2.05) is 6.07 Å². The third-order valence-corrected chi connectivity index (χ3v) is 14.0. The Morgan fingerprint density at radius 1 is 0.364 bits per heavy atom. The molecule has 3 aromatic heterocycles. The van der Waals surface area contributed by atoms with Crippen molar-refractivity contribution in [1.29, 1.82) is 0 Å². The van der Waals surface area contributed by atoms with Crippen LogP contribution in [-0.2, 0) is 5.41 Å². The number of hydrogen-bond acceptors (Lipinski definition) is 4. The second kappa shape index (κ2) is 14.1. The molecule has 0 radical (unpaired) electrons. The Kier molecular flexibility index (Phi) is 7.87. The molecule has 0 unspecified atom stereocenters. The van der Waals surface area contributed by atoms with E-state index in [0.717, 1.165) is 77.6 Å². The number of pyridine rings is 3. The monoisotopic (exact) mass is 838 g/mol. The molecule has 0 saturated carbocycles. The molecule has 4 heterocycles. The van der Waals surface area contributed by atoms with Crippen LogP contribution in [0, 0.1) is 0 Å². The van der Waals surface area contributed by atoms with E-state index in [1.165, 1.54) is 50.1 Å². The van der Waals surface area contributed by atoms with Crippen LogP contribution < -0.4 is 4.90 Å². The van der Waals surface area contributed by atoms with Gasteiger partial charge in [0.1, 0.15) is 0 Å². The van der Waals surface area contributed by atoms with Crippen molar-refractivity contribution >= 4 is 60.5 Å². The van der Waals surface area contributed by atoms with Crippen molar-refractivity contribution < 1.29 is 0 Å². The maximum absolute atomic E-state index is 5.50. The summed E-state index contributed by atoms with van der Waals surface area (Å²) in [6.45, 7) is 0. The zero-order valence-corrected chi connectivity index (χ0v) is 35.7. The summed E-state index contributed by atoms with van der Waals surface area (Å²) < 4.78 is 0. The Bertz CT molecular complexity index is 3910. The fraction of sp³-hybridized carbons (Fsp3) is 0.0161. The fourth-order valence-electron chi connectivity index (χ4n) is 11.2. The highest BCUT2D eigenvalue weighted by atomic mass is 15.2. The fourth-order valence-corrected chi connectivity index (χ4v) is 11.2. The lowest BCUT2D eigenvalue weighted by Crippen LogP contribution is -2.36. The van der Waals surface area contributed by atoms with Gasteiger partial charge in [-0.3, -0.25) is 0 Å². The Labute approximate surface area is 381 Å². The second-order valence-electron chi connectivity index (χ2n) is 17.4. The van der Waals surface area contributed by atoms with E-state index < -0.39 is 5.41 Å². The van der Waals surface area contributed by atoms with Gasteiger partial charge in [0.2, 0.25) is 0 Å². The minimum atomic E-state index is -0.564. The topological polar surface area (TPSA) is 41.9 Å². The van der Waals surface area contributed by atoms with E-state index >= 15 is 0 Å². The minimum absolute atomic E-state index is 0.564. The van der Waals surface area contributed by atoms with Gasteiger partial charge in [0.15, 0.2) is 0 Å². The van der Waals surface area contributed by atoms with Gasteiger partial charge >= 0.3 is 0 Å². The standard InChI is InChI=1S/C62H38N4/c1-3-16-39(17-4-1)52-36-32-40-30-31-41-33-37-53(64-61(41)60(40)63-52)42-18-15-19-43(38-42)59-47-34-35-51-58(57(47)46-23-8-12-27-54(46)65-59)45-22-7-9-24-48(45)62(51)49-25-10-13-28-55(49)66(44-20-5-2-6-21-44)56-29-14-11-26-50(56)62/h1-38H. The lowest BCUT2D eigenvalue weighted by atomic mass is 9.64. The molecular weight excluding hydrogens is 801 g/mol. The summed E-state index contributed by atoms with van der Waals surface area (Å²) in [5.74, 6) is 0. The number of fused-ring (bicyclic) bond motifs is 16. The van der Waals surface area contributed by atoms with Crippen LogP contribution in [0.15, 0.2) is 231 Å². The summed E-state index contributed by atoms with van der Waals surface area (Å²) in [6, 6.07) is 83.2. The Morgan fingerprint density at radius 3 is 1.65 bits per heavy atom. The molecule has 0 amide bonds. The van der Waals surface area contributed by atoms with Crippen LogP contribution >= 0.6 is 0 Å². The maximum Gasteiger partial charge on any atom is 0.0972 e. The van der Waals surface area contributed by atoms with Crippen LogP contribution in [0.3, 0.4) is 0 Å². The number of aromatic nitrogens is 3. The van der Waals surface area contributed by atoms with E-state index in [-0.39, 0.29) is 0 Å². The van der Waals surface area contributed by atoms with E-state index in [2.05, 4.69) is 229 Å². The van der Waals surface area contributed by atoms with Gasteiger partial charge in [-0.2, -0.15) is 0 Å². The first-order valence-electron chi connectivity index (χ1n) is 22.6. The largest absolute Gasteiger partial charge is 0.310 e. The van der Waals surface area contributed by atoms with E-state index in [1.54, 1.807) is 0 Å². The summed E-state index contributed by atoms with van der Waals surface area (Å²) in [6.07, 6.45) is 0. The molecule has 0 atom stereocenters. The zero-order chi connectivity index (χ0) is 43.3. The van der Waals surface area contributed by atoms with Crippen molar-refractivity contribution in [1.82, 2.24) is 15.0 Å². The Morgan fingerprint density at radius 2 is 0.924 bits per heavy atom. The SMILES string of the molecule is c1ccc(-c2ccc3ccc4ccc(-c5cccc(-c6nc7ccccc7c7c8c(ccc67)C6(c7ccccc7-8)c7ccccc7N(c7ccccc7)c7ccccc76)c5)nc4c3n2)cc1. The number of rotatable bonds is 4. The maximum atomic E-state index is 5.50. The molecule has 66 heavy (non-hydrogen) atoms. The molecular formula is C62H38N4. The predicted molar refractivity (Wildman–Crippen MR) is 272 cm³/mol. The van der Waals surface area contributed by atoms with E-state index in [9.17, 15) is 0 Å². The Hall–Kier alpha value is -8.73. The predicted octanol–water partition coefficient (Wildman–Crippen LogP) is 15.6. The summed E-state index contributed by atoms with van der Waals surface area (Å²) in [5.41, 5.74) is 19.3. The van der Waals surface area contributed by atoms with Crippen LogP contribution in [0.5, 0.6) is 0 Å². The molecule has 2 aliphatic rings. The van der Waals surface area contributed by atoms with Crippen LogP contribution in [0.25, 0.3) is 88.4 Å². The molecule has 14 rings (SSSR count). The van der Waals surface area contributed by atoms with E-state index in [4.69, 9.17) is 15.0 Å². The highest BCUT2D eigenvalue weighted by Crippen LogP contribution is 2.64. The summed E-state index contributed by atoms with van der Waals surface area (Å²) >= 11 is 0. The molecule has 0 bridgehead atoms. The van der Waals surface area contributed by atoms with Gasteiger partial charge in [-0.1, -0.05) is 182 Å². The molecule has 12 aromatic rings. The minimum Gasteiger partial charge on any atom is -0.310 e. The third kappa shape index (κ3) is 5.18. The number of hydrogen-bond donors (Lipinski definition) is 0. The molecule has 0 saturated heterocycles. The molecule has 9 aromatic carbocycles. The average molecular weight is 839 g/mol. The Balaban J connectivity index is 0.993. The second-order valence-corrected chi connectivity index (χ2v) is 17.4. The van der Waals surface area contributed by atoms with Crippen molar-refractivity contribution in [3.05, 3.63) is 253 Å². The quantitative estimate of drug-likeness (QED) is 0.166. The van der Waals surface area contributed by atoms with Gasteiger partial charge in [-0.05, 0) is 81.9 Å². The molecule has 306 valence electrons. The number of anilines is 3. The average Bonchev–Trinajstić information content (AvgIpc) is 3.69. The summed E-state index contributed by atoms with van der Waals surface area (Å²) in [7, 11) is 0. The van der Waals surface area contributed by atoms with Crippen LogP contribution in [0.2, 0.25) is 0 Å². The van der Waals surface area contributed by atoms with Gasteiger partial charge in [0, 0.05) is 49.3 Å². The highest BCUT2D eigenvalue weighted by molar-refractivity contribution is 6.20. The highest BCUT2D eigenvalue weighted by Gasteiger charge is 2.52. The molecule has 1 aliphatic carbocycles. The number of nitrogens with zero attached hydrogens (tertiary/aromatic N) is 4. The molecule has 0 N–H and O–H groups in total. The van der Waals surface area contributed by atoms with E-state index in [0.29, 0.717) is 0 Å². The summed E-state index contributed by atoms with van der Waals surface area (Å²) in [5, 5.41) is 5.61. The van der Waals surface area contributed by atoms with Gasteiger partial charge < -0.3 is 4.90 Å². The van der Waals surface area contributed by atoms with Crippen molar-refractivity contribution in [3.63, 3.8) is 0 Å². The third-order valence-electron chi connectivity index (χ3n) is 14.0. The van der Waals surface area contributed by atoms with Crippen LogP contribution in [0.4, 0.5) is 17.1 Å². The van der Waals surface area contributed by atoms with Crippen molar-refractivity contribution in [2.75, 3.05) is 4.90 Å². The first-order chi connectivity index (χ1) is 32.7. The molecule has 1 spiro atoms. The first-order valence-corrected chi connectivity index (χ1v) is 22.6. The van der Waals surface area contributed by atoms with Gasteiger partial charge in [-0.15, -0.1) is 0 Å². The van der Waals surface area contributed by atoms with Crippen molar-refractivity contribution in [2.45, 2.75) is 5.41 Å². The van der Waals surface area contributed by atoms with Crippen molar-refractivity contribution in [2.24, 2.45) is 0 Å². The molecule has 4 heteroatoms. The van der Waals surface area contributed by atoms with Gasteiger partial charge in [-0.25, -0.2) is 15.0 Å². The zero-order valence-electron chi connectivity index (χ0n) is 35.7. The number of benzene rings is 9. The molecule has 4 nitrogen and oxygen atoms in total. The van der Waals surface area contributed by atoms with Gasteiger partial charge in [0.25, 0.3) is 0 Å². The molecule has 0 fully saturated rings. The van der Waals surface area contributed by atoms with Crippen molar-refractivity contribution in [3.8, 4) is 44.9 Å². The van der Waals surface area contributed by atoms with Crippen LogP contribution in [0.1, 0.15) is 22.3 Å². The molecule has 1 aliphatic heterocycles. The smallest absolute Gasteiger partial charge is 0.0972 e. The summed E-state index contributed by atoms with van der Waals surface area (Å²) in [4.78, 5) is 18.5. The normalized spacial score (nSPS) is 13.2. The lowest BCUT2D eigenvalue weighted by Gasteiger charge is -2.45.